The number of carbonyl (C=O) groups is 1. The Kier molecular flexibility index (Phi) is 4.73. The number of rotatable bonds is 4. The second-order valence-corrected chi connectivity index (χ2v) is 4.97. The standard InChI is InChI=1S/C13H14F5NO/c1-4-13(2,3)12(20)19-5-6-7(14)9(16)11(18)10(17)8(6)15/h4-5H2,1-3H3,(H,19,20). The Balaban J connectivity index is 3.04. The van der Waals surface area contributed by atoms with Gasteiger partial charge in [-0.1, -0.05) is 20.8 Å². The summed E-state index contributed by atoms with van der Waals surface area (Å²) in [6, 6.07) is 0. The highest BCUT2D eigenvalue weighted by Crippen LogP contribution is 2.24. The molecule has 0 bridgehead atoms. The SMILES string of the molecule is CCC(C)(C)C(=O)NCc1c(F)c(F)c(F)c(F)c1F. The molecule has 0 aliphatic carbocycles. The maximum Gasteiger partial charge on any atom is 0.225 e. The molecule has 1 rings (SSSR count). The molecule has 0 saturated carbocycles. The molecule has 1 aromatic carbocycles. The van der Waals surface area contributed by atoms with Gasteiger partial charge in [0.05, 0.1) is 0 Å². The Bertz CT molecular complexity index is 513. The Morgan fingerprint density at radius 2 is 1.35 bits per heavy atom. The van der Waals surface area contributed by atoms with Crippen LogP contribution in [0, 0.1) is 34.5 Å². The summed E-state index contributed by atoms with van der Waals surface area (Å²) < 4.78 is 65.5. The molecule has 0 aromatic heterocycles. The van der Waals surface area contributed by atoms with Gasteiger partial charge in [0, 0.05) is 17.5 Å². The number of nitrogens with one attached hydrogen (secondary N) is 1. The van der Waals surface area contributed by atoms with Crippen LogP contribution in [0.2, 0.25) is 0 Å². The van der Waals surface area contributed by atoms with Crippen LogP contribution in [0.15, 0.2) is 0 Å². The van der Waals surface area contributed by atoms with E-state index in [-0.39, 0.29) is 0 Å². The Morgan fingerprint density at radius 3 is 1.75 bits per heavy atom. The van der Waals surface area contributed by atoms with E-state index in [4.69, 9.17) is 0 Å². The molecular weight excluding hydrogens is 281 g/mol. The molecule has 0 aliphatic heterocycles. The summed E-state index contributed by atoms with van der Waals surface area (Å²) in [7, 11) is 0. The van der Waals surface area contributed by atoms with Crippen molar-refractivity contribution in [2.75, 3.05) is 0 Å². The molecule has 1 N–H and O–H groups in total. The van der Waals surface area contributed by atoms with E-state index < -0.39 is 52.5 Å². The number of amides is 1. The lowest BCUT2D eigenvalue weighted by atomic mass is 9.89. The van der Waals surface area contributed by atoms with Crippen LogP contribution < -0.4 is 5.32 Å². The Morgan fingerprint density at radius 1 is 0.950 bits per heavy atom. The zero-order valence-electron chi connectivity index (χ0n) is 11.2. The van der Waals surface area contributed by atoms with E-state index in [1.165, 1.54) is 0 Å². The zero-order chi connectivity index (χ0) is 15.7. The molecule has 0 fully saturated rings. The van der Waals surface area contributed by atoms with Gasteiger partial charge in [-0.15, -0.1) is 0 Å². The summed E-state index contributed by atoms with van der Waals surface area (Å²) in [6.07, 6.45) is 0.454. The van der Waals surface area contributed by atoms with Gasteiger partial charge in [0.25, 0.3) is 0 Å². The second-order valence-electron chi connectivity index (χ2n) is 4.97. The van der Waals surface area contributed by atoms with Crippen LogP contribution in [0.3, 0.4) is 0 Å². The van der Waals surface area contributed by atoms with Crippen LogP contribution in [0.25, 0.3) is 0 Å². The quantitative estimate of drug-likeness (QED) is 0.514. The molecule has 1 amide bonds. The van der Waals surface area contributed by atoms with E-state index in [0.29, 0.717) is 6.42 Å². The van der Waals surface area contributed by atoms with Gasteiger partial charge in [0.2, 0.25) is 11.7 Å². The molecule has 0 aliphatic rings. The van der Waals surface area contributed by atoms with Crippen molar-refractivity contribution in [2.24, 2.45) is 5.41 Å². The number of hydrogen-bond acceptors (Lipinski definition) is 1. The third kappa shape index (κ3) is 2.91. The predicted molar refractivity (Wildman–Crippen MR) is 62.2 cm³/mol. The smallest absolute Gasteiger partial charge is 0.225 e. The van der Waals surface area contributed by atoms with Crippen LogP contribution in [-0.2, 0) is 11.3 Å². The lowest BCUT2D eigenvalue weighted by Gasteiger charge is -2.21. The fourth-order valence-electron chi connectivity index (χ4n) is 1.37. The highest BCUT2D eigenvalue weighted by atomic mass is 19.2. The average molecular weight is 295 g/mol. The van der Waals surface area contributed by atoms with E-state index in [0.717, 1.165) is 0 Å². The number of hydrogen-bond donors (Lipinski definition) is 1. The van der Waals surface area contributed by atoms with Crippen LogP contribution >= 0.6 is 0 Å². The van der Waals surface area contributed by atoms with Crippen molar-refractivity contribution in [3.8, 4) is 0 Å². The molecule has 0 heterocycles. The van der Waals surface area contributed by atoms with Crippen molar-refractivity contribution >= 4 is 5.91 Å². The van der Waals surface area contributed by atoms with Gasteiger partial charge >= 0.3 is 0 Å². The van der Waals surface area contributed by atoms with Crippen molar-refractivity contribution in [3.63, 3.8) is 0 Å². The average Bonchev–Trinajstić information content (AvgIpc) is 2.42. The summed E-state index contributed by atoms with van der Waals surface area (Å²) in [6.45, 7) is 4.16. The van der Waals surface area contributed by atoms with Gasteiger partial charge < -0.3 is 5.32 Å². The summed E-state index contributed by atoms with van der Waals surface area (Å²) in [4.78, 5) is 11.7. The van der Waals surface area contributed by atoms with E-state index in [2.05, 4.69) is 5.32 Å². The minimum Gasteiger partial charge on any atom is -0.351 e. The molecule has 7 heteroatoms. The first-order valence-electron chi connectivity index (χ1n) is 5.92. The van der Waals surface area contributed by atoms with E-state index >= 15 is 0 Å². The van der Waals surface area contributed by atoms with Crippen molar-refractivity contribution in [1.82, 2.24) is 5.32 Å². The molecule has 112 valence electrons. The van der Waals surface area contributed by atoms with Gasteiger partial charge in [0.15, 0.2) is 23.3 Å². The van der Waals surface area contributed by atoms with E-state index in [1.54, 1.807) is 20.8 Å². The zero-order valence-corrected chi connectivity index (χ0v) is 11.2. The lowest BCUT2D eigenvalue weighted by molar-refractivity contribution is -0.129. The van der Waals surface area contributed by atoms with Crippen molar-refractivity contribution in [2.45, 2.75) is 33.7 Å². The maximum atomic E-state index is 13.4. The molecule has 20 heavy (non-hydrogen) atoms. The van der Waals surface area contributed by atoms with Crippen molar-refractivity contribution in [1.29, 1.82) is 0 Å². The minimum atomic E-state index is -2.22. The van der Waals surface area contributed by atoms with Crippen LogP contribution in [0.1, 0.15) is 32.8 Å². The van der Waals surface area contributed by atoms with Crippen LogP contribution in [0.4, 0.5) is 22.0 Å². The molecule has 0 saturated heterocycles. The highest BCUT2D eigenvalue weighted by molar-refractivity contribution is 5.81. The van der Waals surface area contributed by atoms with Crippen molar-refractivity contribution < 1.29 is 26.7 Å². The van der Waals surface area contributed by atoms with Crippen LogP contribution in [-0.4, -0.2) is 5.91 Å². The molecule has 0 radical (unpaired) electrons. The number of benzene rings is 1. The number of halogens is 5. The van der Waals surface area contributed by atoms with Crippen molar-refractivity contribution in [3.05, 3.63) is 34.6 Å². The van der Waals surface area contributed by atoms with Gasteiger partial charge in [-0.2, -0.15) is 0 Å². The summed E-state index contributed by atoms with van der Waals surface area (Å²) in [5, 5.41) is 2.17. The number of carbonyl (C=O) groups excluding carboxylic acids is 1. The highest BCUT2D eigenvalue weighted by Gasteiger charge is 2.28. The summed E-state index contributed by atoms with van der Waals surface area (Å²) in [5.41, 5.74) is -1.86. The molecular formula is C13H14F5NO. The normalized spacial score (nSPS) is 11.6. The molecule has 0 atom stereocenters. The second kappa shape index (κ2) is 5.76. The summed E-state index contributed by atoms with van der Waals surface area (Å²) >= 11 is 0. The third-order valence-corrected chi connectivity index (χ3v) is 3.23. The lowest BCUT2D eigenvalue weighted by Crippen LogP contribution is -2.36. The molecule has 1 aromatic rings. The topological polar surface area (TPSA) is 29.1 Å². The Hall–Kier alpha value is -1.66. The molecule has 2 nitrogen and oxygen atoms in total. The van der Waals surface area contributed by atoms with Gasteiger partial charge in [-0.3, -0.25) is 4.79 Å². The first kappa shape index (κ1) is 16.4. The Labute approximate surface area is 113 Å². The first-order valence-corrected chi connectivity index (χ1v) is 5.92. The van der Waals surface area contributed by atoms with E-state index in [1.807, 2.05) is 0 Å². The monoisotopic (exact) mass is 295 g/mol. The predicted octanol–water partition coefficient (Wildman–Crippen LogP) is 3.43. The molecule has 0 spiro atoms. The largest absolute Gasteiger partial charge is 0.351 e. The minimum absolute atomic E-state index is 0.454. The fourth-order valence-corrected chi connectivity index (χ4v) is 1.37. The molecule has 0 unspecified atom stereocenters. The first-order chi connectivity index (χ1) is 9.13. The fraction of sp³-hybridized carbons (Fsp3) is 0.462. The van der Waals surface area contributed by atoms with Gasteiger partial charge in [-0.05, 0) is 6.42 Å². The van der Waals surface area contributed by atoms with Gasteiger partial charge in [-0.25, -0.2) is 22.0 Å². The maximum absolute atomic E-state index is 13.4. The van der Waals surface area contributed by atoms with Gasteiger partial charge in [0.1, 0.15) is 0 Å². The van der Waals surface area contributed by atoms with E-state index in [9.17, 15) is 26.7 Å². The summed E-state index contributed by atoms with van der Waals surface area (Å²) in [5.74, 6) is -10.7. The third-order valence-electron chi connectivity index (χ3n) is 3.23. The van der Waals surface area contributed by atoms with Crippen LogP contribution in [0.5, 0.6) is 0 Å².